The summed E-state index contributed by atoms with van der Waals surface area (Å²) in [7, 11) is 0. The number of carbonyl (C=O) groups excluding carboxylic acids is 2. The largest absolute Gasteiger partial charge is 0.278 e. The van der Waals surface area contributed by atoms with Crippen molar-refractivity contribution in [2.24, 2.45) is 0 Å². The van der Waals surface area contributed by atoms with Gasteiger partial charge in [-0.05, 0) is 49.1 Å². The third kappa shape index (κ3) is 4.85. The number of nitrogens with one attached hydrogen (secondary N) is 1. The Labute approximate surface area is 184 Å². The smallest absolute Gasteiger partial charge is 0.260 e. The lowest BCUT2D eigenvalue weighted by Crippen LogP contribution is -2.41. The van der Waals surface area contributed by atoms with Crippen LogP contribution in [-0.2, 0) is 11.2 Å². The first kappa shape index (κ1) is 21.2. The zero-order chi connectivity index (χ0) is 21.8. The van der Waals surface area contributed by atoms with Crippen LogP contribution in [0.2, 0.25) is 0 Å². The number of aromatic amines is 1. The summed E-state index contributed by atoms with van der Waals surface area (Å²) in [5.41, 5.74) is 2.47. The Balaban J connectivity index is 1.48. The van der Waals surface area contributed by atoms with Crippen LogP contribution in [0, 0.1) is 5.82 Å². The number of H-pyrrole nitrogens is 1. The average Bonchev–Trinajstić information content (AvgIpc) is 3.19. The number of carbonyl (C=O) groups is 2. The number of hydrogen-bond donors (Lipinski definition) is 1. The number of aromatic nitrogens is 3. The molecule has 1 N–H and O–H groups in total. The first-order valence-corrected chi connectivity index (χ1v) is 11.2. The molecular weight excluding hydrogens is 415 g/mol. The van der Waals surface area contributed by atoms with Gasteiger partial charge in [0.2, 0.25) is 11.1 Å². The molecule has 1 saturated heterocycles. The van der Waals surface area contributed by atoms with E-state index in [1.807, 2.05) is 12.1 Å². The Hall–Kier alpha value is -3.00. The number of aryl methyl sites for hydroxylation is 1. The fraction of sp³-hybridized carbons (Fsp3) is 0.304. The topological polar surface area (TPSA) is 79.0 Å². The summed E-state index contributed by atoms with van der Waals surface area (Å²) in [6, 6.07) is 13.4. The highest BCUT2D eigenvalue weighted by atomic mass is 32.2. The molecule has 2 heterocycles. The Bertz CT molecular complexity index is 1070. The second-order valence-electron chi connectivity index (χ2n) is 7.42. The summed E-state index contributed by atoms with van der Waals surface area (Å²) in [4.78, 5) is 31.8. The third-order valence-electron chi connectivity index (χ3n) is 5.32. The molecule has 1 fully saturated rings. The van der Waals surface area contributed by atoms with Gasteiger partial charge in [-0.2, -0.15) is 0 Å². The Morgan fingerprint density at radius 3 is 2.61 bits per heavy atom. The zero-order valence-electron chi connectivity index (χ0n) is 17.2. The van der Waals surface area contributed by atoms with E-state index in [1.54, 1.807) is 0 Å². The molecule has 31 heavy (non-hydrogen) atoms. The van der Waals surface area contributed by atoms with E-state index >= 15 is 0 Å². The molecule has 0 bridgehead atoms. The second kappa shape index (κ2) is 9.43. The number of benzene rings is 2. The first-order valence-electron chi connectivity index (χ1n) is 10.3. The maximum atomic E-state index is 13.2. The van der Waals surface area contributed by atoms with Gasteiger partial charge in [-0.15, -0.1) is 5.10 Å². The molecule has 160 valence electrons. The standard InChI is InChI=1S/C23H23FN4O2S/c1-2-15-6-8-16(9-7-15)20-25-23(27-26-20)31-19-5-3-4-14-28(22(19)30)21(29)17-10-12-18(24)13-11-17/h6-13,19H,2-5,14H2,1H3,(H,25,26,27). The summed E-state index contributed by atoms with van der Waals surface area (Å²) < 4.78 is 13.2. The lowest BCUT2D eigenvalue weighted by atomic mass is 10.1. The summed E-state index contributed by atoms with van der Waals surface area (Å²) >= 11 is 1.27. The quantitative estimate of drug-likeness (QED) is 0.594. The average molecular weight is 439 g/mol. The summed E-state index contributed by atoms with van der Waals surface area (Å²) in [6.07, 6.45) is 3.17. The van der Waals surface area contributed by atoms with Crippen LogP contribution in [0.3, 0.4) is 0 Å². The van der Waals surface area contributed by atoms with Crippen molar-refractivity contribution in [3.8, 4) is 11.4 Å². The van der Waals surface area contributed by atoms with E-state index in [2.05, 4.69) is 34.2 Å². The minimum atomic E-state index is -0.446. The van der Waals surface area contributed by atoms with Gasteiger partial charge in [-0.25, -0.2) is 9.37 Å². The van der Waals surface area contributed by atoms with Crippen molar-refractivity contribution in [1.29, 1.82) is 0 Å². The van der Waals surface area contributed by atoms with E-state index in [1.165, 1.54) is 46.5 Å². The van der Waals surface area contributed by atoms with Crippen LogP contribution in [-0.4, -0.2) is 43.7 Å². The van der Waals surface area contributed by atoms with Crippen LogP contribution in [0.1, 0.15) is 42.1 Å². The molecular formula is C23H23FN4O2S. The van der Waals surface area contributed by atoms with Crippen LogP contribution < -0.4 is 0 Å². The van der Waals surface area contributed by atoms with E-state index < -0.39 is 17.0 Å². The number of rotatable bonds is 5. The van der Waals surface area contributed by atoms with E-state index in [0.717, 1.165) is 24.8 Å². The number of imide groups is 1. The normalized spacial score (nSPS) is 16.9. The fourth-order valence-corrected chi connectivity index (χ4v) is 4.53. The number of nitrogens with zero attached hydrogens (tertiary/aromatic N) is 3. The Kier molecular flexibility index (Phi) is 6.46. The first-order chi connectivity index (χ1) is 15.0. The van der Waals surface area contributed by atoms with Gasteiger partial charge in [0.1, 0.15) is 5.82 Å². The Morgan fingerprint density at radius 2 is 1.90 bits per heavy atom. The van der Waals surface area contributed by atoms with Crippen molar-refractivity contribution in [3.05, 3.63) is 65.5 Å². The molecule has 3 aromatic rings. The van der Waals surface area contributed by atoms with Crippen molar-refractivity contribution in [1.82, 2.24) is 20.1 Å². The lowest BCUT2D eigenvalue weighted by molar-refractivity contribution is -0.127. The van der Waals surface area contributed by atoms with Crippen molar-refractivity contribution in [2.45, 2.75) is 43.0 Å². The number of hydrogen-bond acceptors (Lipinski definition) is 5. The van der Waals surface area contributed by atoms with E-state index in [9.17, 15) is 14.0 Å². The highest BCUT2D eigenvalue weighted by molar-refractivity contribution is 8.00. The maximum Gasteiger partial charge on any atom is 0.260 e. The van der Waals surface area contributed by atoms with Gasteiger partial charge in [-0.3, -0.25) is 19.6 Å². The van der Waals surface area contributed by atoms with Crippen molar-refractivity contribution in [3.63, 3.8) is 0 Å². The highest BCUT2D eigenvalue weighted by Gasteiger charge is 2.33. The third-order valence-corrected chi connectivity index (χ3v) is 6.44. The summed E-state index contributed by atoms with van der Waals surface area (Å²) in [5, 5.41) is 7.23. The molecule has 1 aliphatic heterocycles. The fourth-order valence-electron chi connectivity index (χ4n) is 3.52. The van der Waals surface area contributed by atoms with Gasteiger partial charge in [0.25, 0.3) is 5.91 Å². The zero-order valence-corrected chi connectivity index (χ0v) is 18.0. The molecule has 0 radical (unpaired) electrons. The van der Waals surface area contributed by atoms with Gasteiger partial charge in [0.05, 0.1) is 5.25 Å². The van der Waals surface area contributed by atoms with Crippen molar-refractivity contribution < 1.29 is 14.0 Å². The number of halogens is 1. The predicted octanol–water partition coefficient (Wildman–Crippen LogP) is 4.49. The van der Waals surface area contributed by atoms with Gasteiger partial charge >= 0.3 is 0 Å². The second-order valence-corrected chi connectivity index (χ2v) is 8.59. The molecule has 1 atom stereocenters. The van der Waals surface area contributed by atoms with Crippen LogP contribution in [0.5, 0.6) is 0 Å². The van der Waals surface area contributed by atoms with Crippen molar-refractivity contribution in [2.75, 3.05) is 6.54 Å². The molecule has 4 rings (SSSR count). The molecule has 6 nitrogen and oxygen atoms in total. The Morgan fingerprint density at radius 1 is 1.16 bits per heavy atom. The molecule has 1 aromatic heterocycles. The minimum absolute atomic E-state index is 0.254. The van der Waals surface area contributed by atoms with Crippen molar-refractivity contribution >= 4 is 23.6 Å². The van der Waals surface area contributed by atoms with E-state index in [0.29, 0.717) is 29.5 Å². The van der Waals surface area contributed by atoms with Gasteiger partial charge in [0, 0.05) is 17.7 Å². The van der Waals surface area contributed by atoms with E-state index in [-0.39, 0.29) is 5.91 Å². The predicted molar refractivity (Wildman–Crippen MR) is 117 cm³/mol. The number of amides is 2. The van der Waals surface area contributed by atoms with Gasteiger partial charge in [0.15, 0.2) is 5.82 Å². The lowest BCUT2D eigenvalue weighted by Gasteiger charge is -2.21. The molecule has 0 aliphatic carbocycles. The molecule has 8 heteroatoms. The number of likely N-dealkylation sites (tertiary alicyclic amines) is 1. The van der Waals surface area contributed by atoms with Gasteiger partial charge in [-0.1, -0.05) is 49.4 Å². The molecule has 0 spiro atoms. The van der Waals surface area contributed by atoms with Crippen LogP contribution in [0.4, 0.5) is 4.39 Å². The monoisotopic (exact) mass is 438 g/mol. The highest BCUT2D eigenvalue weighted by Crippen LogP contribution is 2.30. The van der Waals surface area contributed by atoms with Crippen LogP contribution >= 0.6 is 11.8 Å². The van der Waals surface area contributed by atoms with Gasteiger partial charge < -0.3 is 0 Å². The van der Waals surface area contributed by atoms with Crippen LogP contribution in [0.25, 0.3) is 11.4 Å². The summed E-state index contributed by atoms with van der Waals surface area (Å²) in [6.45, 7) is 2.46. The molecule has 2 amide bonds. The minimum Gasteiger partial charge on any atom is -0.278 e. The maximum absolute atomic E-state index is 13.2. The van der Waals surface area contributed by atoms with Crippen LogP contribution in [0.15, 0.2) is 53.7 Å². The van der Waals surface area contributed by atoms with E-state index in [4.69, 9.17) is 0 Å². The molecule has 1 unspecified atom stereocenters. The summed E-state index contributed by atoms with van der Waals surface area (Å²) in [5.74, 6) is -0.429. The molecule has 1 aliphatic rings. The number of thioether (sulfide) groups is 1. The molecule has 2 aromatic carbocycles. The molecule has 0 saturated carbocycles. The SMILES string of the molecule is CCc1ccc(-c2nc(SC3CCCCN(C(=O)c4ccc(F)cc4)C3=O)n[nH]2)cc1.